The number of nitrogens with one attached hydrogen (secondary N) is 2. The Labute approximate surface area is 141 Å². The van der Waals surface area contributed by atoms with Crippen molar-refractivity contribution in [2.24, 2.45) is 0 Å². The molecule has 0 aliphatic carbocycles. The van der Waals surface area contributed by atoms with Gasteiger partial charge in [-0.05, 0) is 24.8 Å². The molecule has 24 heavy (non-hydrogen) atoms. The second-order valence-corrected chi connectivity index (χ2v) is 5.58. The Kier molecular flexibility index (Phi) is 6.74. The summed E-state index contributed by atoms with van der Waals surface area (Å²) in [6.45, 7) is 3.74. The quantitative estimate of drug-likeness (QED) is 0.690. The first-order valence-electron chi connectivity index (χ1n) is 8.17. The van der Waals surface area contributed by atoms with E-state index in [2.05, 4.69) is 20.8 Å². The van der Waals surface area contributed by atoms with Crippen LogP contribution in [-0.4, -0.2) is 27.9 Å². The Morgan fingerprint density at radius 2 is 1.96 bits per heavy atom. The van der Waals surface area contributed by atoms with Crippen molar-refractivity contribution in [1.29, 1.82) is 0 Å². The van der Waals surface area contributed by atoms with Crippen molar-refractivity contribution < 1.29 is 14.4 Å². The lowest BCUT2D eigenvalue weighted by atomic mass is 10.0. The van der Waals surface area contributed by atoms with Crippen molar-refractivity contribution in [3.63, 3.8) is 0 Å². The summed E-state index contributed by atoms with van der Waals surface area (Å²) in [5, 5.41) is 18.8. The molecule has 0 radical (unpaired) electrons. The number of rotatable bonds is 8. The smallest absolute Gasteiger partial charge is 0.315 e. The van der Waals surface area contributed by atoms with E-state index in [9.17, 15) is 4.79 Å². The average Bonchev–Trinajstić information content (AvgIpc) is 3.03. The number of carbonyl (C=O) groups is 1. The zero-order valence-corrected chi connectivity index (χ0v) is 14.0. The maximum absolute atomic E-state index is 12.4. The molecule has 2 rings (SSSR count). The first kappa shape index (κ1) is 17.9. The molecule has 130 valence electrons. The van der Waals surface area contributed by atoms with Gasteiger partial charge in [0.05, 0.1) is 12.1 Å². The molecular formula is C17H24N4O3. The summed E-state index contributed by atoms with van der Waals surface area (Å²) in [4.78, 5) is 16.5. The van der Waals surface area contributed by atoms with Crippen LogP contribution in [0.15, 0.2) is 34.9 Å². The van der Waals surface area contributed by atoms with Crippen LogP contribution in [0.4, 0.5) is 4.79 Å². The maximum atomic E-state index is 12.4. The van der Waals surface area contributed by atoms with Crippen molar-refractivity contribution in [3.05, 3.63) is 47.6 Å². The molecule has 0 saturated carbocycles. The Hall–Kier alpha value is -2.41. The topological polar surface area (TPSA) is 100 Å². The lowest BCUT2D eigenvalue weighted by Crippen LogP contribution is -2.40. The first-order chi connectivity index (χ1) is 11.6. The monoisotopic (exact) mass is 332 g/mol. The van der Waals surface area contributed by atoms with E-state index in [1.165, 1.54) is 0 Å². The lowest BCUT2D eigenvalue weighted by molar-refractivity contribution is 0.228. The van der Waals surface area contributed by atoms with Gasteiger partial charge in [0.15, 0.2) is 5.82 Å². The molecule has 0 aliphatic rings. The third-order valence-electron chi connectivity index (χ3n) is 3.73. The van der Waals surface area contributed by atoms with E-state index in [0.29, 0.717) is 31.0 Å². The lowest BCUT2D eigenvalue weighted by Gasteiger charge is -2.21. The number of carbonyl (C=O) groups excluding carboxylic acids is 1. The molecule has 2 aromatic rings. The molecule has 0 saturated heterocycles. The van der Waals surface area contributed by atoms with Crippen molar-refractivity contribution in [1.82, 2.24) is 20.8 Å². The highest BCUT2D eigenvalue weighted by molar-refractivity contribution is 5.74. The van der Waals surface area contributed by atoms with E-state index in [-0.39, 0.29) is 24.7 Å². The van der Waals surface area contributed by atoms with E-state index in [0.717, 1.165) is 5.56 Å². The number of hydrogen-bond donors (Lipinski definition) is 3. The molecular weight excluding hydrogens is 308 g/mol. The van der Waals surface area contributed by atoms with Gasteiger partial charge in [-0.15, -0.1) is 0 Å². The van der Waals surface area contributed by atoms with Gasteiger partial charge in [0.2, 0.25) is 5.89 Å². The highest BCUT2D eigenvalue weighted by atomic mass is 16.5. The van der Waals surface area contributed by atoms with Gasteiger partial charge in [-0.2, -0.15) is 4.98 Å². The number of amides is 2. The summed E-state index contributed by atoms with van der Waals surface area (Å²) < 4.78 is 4.97. The fraction of sp³-hybridized carbons (Fsp3) is 0.471. The summed E-state index contributed by atoms with van der Waals surface area (Å²) in [7, 11) is 0. The maximum Gasteiger partial charge on any atom is 0.315 e. The van der Waals surface area contributed by atoms with Gasteiger partial charge in [-0.3, -0.25) is 0 Å². The molecule has 0 fully saturated rings. The fourth-order valence-electron chi connectivity index (χ4n) is 2.47. The minimum Gasteiger partial charge on any atom is -0.396 e. The van der Waals surface area contributed by atoms with Crippen molar-refractivity contribution in [3.8, 4) is 0 Å². The van der Waals surface area contributed by atoms with Crippen LogP contribution in [0.2, 0.25) is 0 Å². The summed E-state index contributed by atoms with van der Waals surface area (Å²) in [5.74, 6) is 0.938. The third kappa shape index (κ3) is 5.06. The number of benzene rings is 1. The van der Waals surface area contributed by atoms with Crippen LogP contribution in [0.5, 0.6) is 0 Å². The van der Waals surface area contributed by atoms with Crippen LogP contribution in [0.25, 0.3) is 0 Å². The standard InChI is InChI=1S/C17H24N4O3/c1-3-14(16-18-12(2)24-21-16)19-17(23)20-15(10-7-11-22)13-8-5-4-6-9-13/h4-6,8-9,14-15,22H,3,7,10-11H2,1-2H3,(H2,19,20,23). The second kappa shape index (κ2) is 9.02. The Balaban J connectivity index is 2.01. The van der Waals surface area contributed by atoms with E-state index < -0.39 is 0 Å². The third-order valence-corrected chi connectivity index (χ3v) is 3.73. The molecule has 3 N–H and O–H groups in total. The number of aliphatic hydroxyl groups excluding tert-OH is 1. The highest BCUT2D eigenvalue weighted by Gasteiger charge is 2.20. The molecule has 1 heterocycles. The number of urea groups is 1. The molecule has 7 heteroatoms. The van der Waals surface area contributed by atoms with E-state index >= 15 is 0 Å². The summed E-state index contributed by atoms with van der Waals surface area (Å²) >= 11 is 0. The molecule has 2 atom stereocenters. The summed E-state index contributed by atoms with van der Waals surface area (Å²) in [6, 6.07) is 8.94. The second-order valence-electron chi connectivity index (χ2n) is 5.58. The van der Waals surface area contributed by atoms with Crippen molar-refractivity contribution in [2.45, 2.75) is 45.2 Å². The van der Waals surface area contributed by atoms with E-state index in [1.807, 2.05) is 37.3 Å². The summed E-state index contributed by atoms with van der Waals surface area (Å²) in [6.07, 6.45) is 1.92. The number of aliphatic hydroxyl groups is 1. The van der Waals surface area contributed by atoms with Crippen LogP contribution in [0.3, 0.4) is 0 Å². The largest absolute Gasteiger partial charge is 0.396 e. The van der Waals surface area contributed by atoms with Crippen LogP contribution in [0.1, 0.15) is 55.5 Å². The number of aromatic nitrogens is 2. The molecule has 2 amide bonds. The van der Waals surface area contributed by atoms with Gasteiger partial charge >= 0.3 is 6.03 Å². The minimum atomic E-state index is -0.309. The zero-order valence-electron chi connectivity index (χ0n) is 14.0. The number of aryl methyl sites for hydroxylation is 1. The minimum absolute atomic E-state index is 0.0896. The van der Waals surface area contributed by atoms with Gasteiger partial charge in [0.25, 0.3) is 0 Å². The van der Waals surface area contributed by atoms with Crippen LogP contribution >= 0.6 is 0 Å². The molecule has 1 aromatic heterocycles. The average molecular weight is 332 g/mol. The molecule has 0 bridgehead atoms. The highest BCUT2D eigenvalue weighted by Crippen LogP contribution is 2.19. The Morgan fingerprint density at radius 3 is 2.54 bits per heavy atom. The molecule has 0 aliphatic heterocycles. The zero-order chi connectivity index (χ0) is 17.4. The van der Waals surface area contributed by atoms with Crippen molar-refractivity contribution >= 4 is 6.03 Å². The molecule has 1 aromatic carbocycles. The first-order valence-corrected chi connectivity index (χ1v) is 8.17. The van der Waals surface area contributed by atoms with E-state index in [1.54, 1.807) is 6.92 Å². The van der Waals surface area contributed by atoms with Gasteiger partial charge in [-0.1, -0.05) is 42.4 Å². The van der Waals surface area contributed by atoms with Gasteiger partial charge in [0, 0.05) is 13.5 Å². The predicted molar refractivity (Wildman–Crippen MR) is 89.2 cm³/mol. The van der Waals surface area contributed by atoms with Crippen LogP contribution in [-0.2, 0) is 0 Å². The number of nitrogens with zero attached hydrogens (tertiary/aromatic N) is 2. The van der Waals surface area contributed by atoms with Gasteiger partial charge in [-0.25, -0.2) is 4.79 Å². The Morgan fingerprint density at radius 1 is 1.25 bits per heavy atom. The normalized spacial score (nSPS) is 13.3. The summed E-state index contributed by atoms with van der Waals surface area (Å²) in [5.41, 5.74) is 1.00. The predicted octanol–water partition coefficient (Wildman–Crippen LogP) is 2.64. The van der Waals surface area contributed by atoms with Gasteiger partial charge in [0.1, 0.15) is 0 Å². The van der Waals surface area contributed by atoms with Crippen molar-refractivity contribution in [2.75, 3.05) is 6.61 Å². The molecule has 7 nitrogen and oxygen atoms in total. The van der Waals surface area contributed by atoms with Crippen LogP contribution in [0, 0.1) is 6.92 Å². The SMILES string of the molecule is CCC(NC(=O)NC(CCCO)c1ccccc1)c1noc(C)n1. The van der Waals surface area contributed by atoms with E-state index in [4.69, 9.17) is 9.63 Å². The Bertz CT molecular complexity index is 630. The number of hydrogen-bond acceptors (Lipinski definition) is 5. The fourth-order valence-corrected chi connectivity index (χ4v) is 2.47. The molecule has 0 spiro atoms. The molecule has 2 unspecified atom stereocenters. The van der Waals surface area contributed by atoms with Crippen LogP contribution < -0.4 is 10.6 Å². The van der Waals surface area contributed by atoms with Gasteiger partial charge < -0.3 is 20.3 Å².